The summed E-state index contributed by atoms with van der Waals surface area (Å²) in [7, 11) is 1.56. The van der Waals surface area contributed by atoms with Crippen molar-refractivity contribution in [1.82, 2.24) is 0 Å². The van der Waals surface area contributed by atoms with Crippen molar-refractivity contribution in [2.75, 3.05) is 17.1 Å². The number of benzene rings is 3. The molecule has 2 heterocycles. The van der Waals surface area contributed by atoms with Crippen molar-refractivity contribution in [3.8, 4) is 5.75 Å². The summed E-state index contributed by atoms with van der Waals surface area (Å²) in [4.78, 5) is 34.1. The fourth-order valence-corrected chi connectivity index (χ4v) is 4.33. The van der Waals surface area contributed by atoms with Crippen LogP contribution in [-0.2, 0) is 14.4 Å². The van der Waals surface area contributed by atoms with Gasteiger partial charge in [0.2, 0.25) is 5.91 Å². The summed E-state index contributed by atoms with van der Waals surface area (Å²) in [6.07, 6.45) is -0.907. The second-order valence-electron chi connectivity index (χ2n) is 7.42. The number of imide groups is 1. The number of rotatable bonds is 4. The molecule has 0 aromatic heterocycles. The Kier molecular flexibility index (Phi) is 4.88. The highest BCUT2D eigenvalue weighted by atomic mass is 35.5. The second kappa shape index (κ2) is 7.72. The van der Waals surface area contributed by atoms with E-state index in [4.69, 9.17) is 21.2 Å². The second-order valence-corrected chi connectivity index (χ2v) is 7.86. The van der Waals surface area contributed by atoms with E-state index in [0.29, 0.717) is 16.5 Å². The maximum atomic E-state index is 13.5. The Morgan fingerprint density at radius 3 is 2.13 bits per heavy atom. The Morgan fingerprint density at radius 2 is 1.48 bits per heavy atom. The molecule has 0 spiro atoms. The zero-order valence-corrected chi connectivity index (χ0v) is 17.4. The number of carbonyl (C=O) groups excluding carboxylic acids is 2. The lowest BCUT2D eigenvalue weighted by Gasteiger charge is -2.28. The normalized spacial score (nSPS) is 22.7. The van der Waals surface area contributed by atoms with Gasteiger partial charge in [0, 0.05) is 5.02 Å². The van der Waals surface area contributed by atoms with Gasteiger partial charge in [0.15, 0.2) is 6.10 Å². The summed E-state index contributed by atoms with van der Waals surface area (Å²) in [5, 5.41) is 2.25. The Labute approximate surface area is 184 Å². The molecule has 2 fully saturated rings. The van der Waals surface area contributed by atoms with Crippen LogP contribution < -0.4 is 14.7 Å². The van der Waals surface area contributed by atoms with Crippen molar-refractivity contribution in [3.63, 3.8) is 0 Å². The number of nitrogens with zero attached hydrogens (tertiary/aromatic N) is 2. The van der Waals surface area contributed by atoms with E-state index < -0.39 is 18.1 Å². The Bertz CT molecular complexity index is 1120. The Hall–Kier alpha value is -3.35. The number of hydroxylamine groups is 1. The van der Waals surface area contributed by atoms with Crippen molar-refractivity contribution in [2.24, 2.45) is 5.92 Å². The highest BCUT2D eigenvalue weighted by Gasteiger charge is 2.60. The minimum Gasteiger partial charge on any atom is -0.497 e. The number of ether oxygens (including phenoxy) is 1. The molecule has 2 saturated heterocycles. The van der Waals surface area contributed by atoms with E-state index in [9.17, 15) is 9.59 Å². The molecule has 0 aliphatic carbocycles. The summed E-state index contributed by atoms with van der Waals surface area (Å²) < 4.78 is 5.18. The molecule has 3 aromatic carbocycles. The van der Waals surface area contributed by atoms with Gasteiger partial charge in [0.1, 0.15) is 11.7 Å². The SMILES string of the molecule is COc1ccc(N2C(=O)C3ON(c4ccc(Cl)cc4)C(c4ccccc4)C3C2=O)cc1. The van der Waals surface area contributed by atoms with Gasteiger partial charge in [-0.1, -0.05) is 41.9 Å². The van der Waals surface area contributed by atoms with E-state index in [2.05, 4.69) is 0 Å². The van der Waals surface area contributed by atoms with E-state index in [1.54, 1.807) is 48.6 Å². The first-order chi connectivity index (χ1) is 15.1. The number of hydrogen-bond acceptors (Lipinski definition) is 5. The van der Waals surface area contributed by atoms with Crippen LogP contribution in [0.5, 0.6) is 5.75 Å². The van der Waals surface area contributed by atoms with Crippen LogP contribution in [0, 0.1) is 5.92 Å². The number of amides is 2. The molecule has 3 atom stereocenters. The average molecular weight is 435 g/mol. The molecule has 6 nitrogen and oxygen atoms in total. The van der Waals surface area contributed by atoms with Crippen LogP contribution in [0.3, 0.4) is 0 Å². The highest BCUT2D eigenvalue weighted by Crippen LogP contribution is 2.47. The first-order valence-electron chi connectivity index (χ1n) is 9.87. The summed E-state index contributed by atoms with van der Waals surface area (Å²) in [6.45, 7) is 0. The zero-order valence-electron chi connectivity index (χ0n) is 16.6. The molecule has 2 aliphatic rings. The van der Waals surface area contributed by atoms with Gasteiger partial charge in [-0.15, -0.1) is 0 Å². The van der Waals surface area contributed by atoms with Gasteiger partial charge in [0.25, 0.3) is 5.91 Å². The minimum atomic E-state index is -0.907. The molecule has 2 amide bonds. The molecular formula is C24H19ClN2O4. The van der Waals surface area contributed by atoms with Crippen molar-refractivity contribution in [3.05, 3.63) is 89.4 Å². The Balaban J connectivity index is 1.55. The smallest absolute Gasteiger partial charge is 0.266 e. The lowest BCUT2D eigenvalue weighted by Crippen LogP contribution is -2.37. The number of methoxy groups -OCH3 is 1. The third kappa shape index (κ3) is 3.24. The van der Waals surface area contributed by atoms with E-state index in [1.807, 2.05) is 42.5 Å². The lowest BCUT2D eigenvalue weighted by molar-refractivity contribution is -0.126. The maximum Gasteiger partial charge on any atom is 0.266 e. The van der Waals surface area contributed by atoms with Gasteiger partial charge >= 0.3 is 0 Å². The highest BCUT2D eigenvalue weighted by molar-refractivity contribution is 6.30. The van der Waals surface area contributed by atoms with Gasteiger partial charge in [-0.25, -0.2) is 9.96 Å². The van der Waals surface area contributed by atoms with Crippen molar-refractivity contribution in [1.29, 1.82) is 0 Å². The largest absolute Gasteiger partial charge is 0.497 e. The number of carbonyl (C=O) groups is 2. The van der Waals surface area contributed by atoms with E-state index in [1.165, 1.54) is 4.90 Å². The quantitative estimate of drug-likeness (QED) is 0.570. The molecule has 156 valence electrons. The number of hydrogen-bond donors (Lipinski definition) is 0. The van der Waals surface area contributed by atoms with Crippen molar-refractivity contribution >= 4 is 34.8 Å². The molecule has 0 bridgehead atoms. The summed E-state index contributed by atoms with van der Waals surface area (Å²) in [6, 6.07) is 23.1. The predicted molar refractivity (Wildman–Crippen MR) is 117 cm³/mol. The first-order valence-corrected chi connectivity index (χ1v) is 10.2. The number of anilines is 2. The predicted octanol–water partition coefficient (Wildman–Crippen LogP) is 4.40. The standard InChI is InChI=1S/C24H19ClN2O4/c1-30-19-13-11-17(12-14-19)26-23(28)20-21(15-5-3-2-4-6-15)27(31-22(20)24(26)29)18-9-7-16(25)8-10-18/h2-14,20-22H,1H3. The topological polar surface area (TPSA) is 59.1 Å². The molecule has 2 aliphatic heterocycles. The Morgan fingerprint density at radius 1 is 0.839 bits per heavy atom. The van der Waals surface area contributed by atoms with Crippen LogP contribution in [0.15, 0.2) is 78.9 Å². The van der Waals surface area contributed by atoms with E-state index in [-0.39, 0.29) is 11.8 Å². The summed E-state index contributed by atoms with van der Waals surface area (Å²) in [5.41, 5.74) is 2.12. The van der Waals surface area contributed by atoms with Gasteiger partial charge in [0.05, 0.1) is 24.5 Å². The first kappa shape index (κ1) is 19.6. The molecule has 0 N–H and O–H groups in total. The molecule has 0 saturated carbocycles. The summed E-state index contributed by atoms with van der Waals surface area (Å²) >= 11 is 6.04. The van der Waals surface area contributed by atoms with Crippen LogP contribution in [-0.4, -0.2) is 25.0 Å². The van der Waals surface area contributed by atoms with Gasteiger partial charge in [-0.2, -0.15) is 0 Å². The zero-order chi connectivity index (χ0) is 21.5. The van der Waals surface area contributed by atoms with Gasteiger partial charge in [-0.3, -0.25) is 14.4 Å². The fourth-order valence-electron chi connectivity index (χ4n) is 4.20. The van der Waals surface area contributed by atoms with E-state index >= 15 is 0 Å². The fraction of sp³-hybridized carbons (Fsp3) is 0.167. The van der Waals surface area contributed by atoms with Crippen molar-refractivity contribution in [2.45, 2.75) is 12.1 Å². The van der Waals surface area contributed by atoms with Crippen LogP contribution >= 0.6 is 11.6 Å². The van der Waals surface area contributed by atoms with Crippen LogP contribution in [0.2, 0.25) is 5.02 Å². The molecule has 3 unspecified atom stereocenters. The average Bonchev–Trinajstić information content (AvgIpc) is 3.31. The van der Waals surface area contributed by atoms with Crippen LogP contribution in [0.1, 0.15) is 11.6 Å². The summed E-state index contributed by atoms with van der Waals surface area (Å²) in [5.74, 6) is -0.689. The molecule has 5 rings (SSSR count). The number of fused-ring (bicyclic) bond motifs is 1. The maximum absolute atomic E-state index is 13.5. The molecular weight excluding hydrogens is 416 g/mol. The van der Waals surface area contributed by atoms with Gasteiger partial charge in [-0.05, 0) is 54.1 Å². The van der Waals surface area contributed by atoms with E-state index in [0.717, 1.165) is 11.3 Å². The third-order valence-corrected chi connectivity index (χ3v) is 5.92. The minimum absolute atomic E-state index is 0.287. The van der Waals surface area contributed by atoms with Crippen molar-refractivity contribution < 1.29 is 19.2 Å². The molecule has 31 heavy (non-hydrogen) atoms. The van der Waals surface area contributed by atoms with Crippen LogP contribution in [0.25, 0.3) is 0 Å². The molecule has 7 heteroatoms. The van der Waals surface area contributed by atoms with Gasteiger partial charge < -0.3 is 4.74 Å². The molecule has 0 radical (unpaired) electrons. The molecule has 3 aromatic rings. The van der Waals surface area contributed by atoms with Crippen LogP contribution in [0.4, 0.5) is 11.4 Å². The number of halogens is 1. The third-order valence-electron chi connectivity index (χ3n) is 5.67. The lowest BCUT2D eigenvalue weighted by atomic mass is 9.90. The monoisotopic (exact) mass is 434 g/mol.